The molecule has 0 spiro atoms. The van der Waals surface area contributed by atoms with Crippen molar-refractivity contribution in [2.45, 2.75) is 14.7 Å². The van der Waals surface area contributed by atoms with Gasteiger partial charge in [0.15, 0.2) is 0 Å². The van der Waals surface area contributed by atoms with Crippen molar-refractivity contribution in [3.05, 3.63) is 29.8 Å². The summed E-state index contributed by atoms with van der Waals surface area (Å²) in [5.41, 5.74) is 1.45. The second kappa shape index (κ2) is 5.80. The average molecular weight is 275 g/mol. The second-order valence-corrected chi connectivity index (χ2v) is 7.47. The fraction of sp³-hybridized carbons (Fsp3) is 0.455. The highest BCUT2D eigenvalue weighted by molar-refractivity contribution is 8.20. The third-order valence-electron chi connectivity index (χ3n) is 2.34. The Labute approximate surface area is 110 Å². The van der Waals surface area contributed by atoms with Crippen molar-refractivity contribution in [2.24, 2.45) is 0 Å². The first-order valence-electron chi connectivity index (χ1n) is 4.85. The Bertz CT molecular complexity index is 309. The summed E-state index contributed by atoms with van der Waals surface area (Å²) in [4.78, 5) is 1.34. The number of benzene rings is 1. The largest absolute Gasteiger partial charge is 0.178 e. The van der Waals surface area contributed by atoms with E-state index in [0.29, 0.717) is 4.58 Å². The molecule has 0 nitrogen and oxygen atoms in total. The van der Waals surface area contributed by atoms with Crippen molar-refractivity contribution in [1.82, 2.24) is 0 Å². The van der Waals surface area contributed by atoms with Gasteiger partial charge in [0.1, 0.15) is 0 Å². The van der Waals surface area contributed by atoms with Gasteiger partial charge < -0.3 is 0 Å². The smallest absolute Gasteiger partial charge is 0.0755 e. The van der Waals surface area contributed by atoms with Crippen LogP contribution in [0.2, 0.25) is 0 Å². The first-order chi connectivity index (χ1) is 7.33. The first-order valence-corrected chi connectivity index (χ1v) is 8.70. The topological polar surface area (TPSA) is 0 Å². The molecule has 0 aliphatic carbocycles. The minimum atomic E-state index is 0.623. The predicted octanol–water partition coefficient (Wildman–Crippen LogP) is 4.19. The van der Waals surface area contributed by atoms with Crippen molar-refractivity contribution in [2.75, 3.05) is 17.8 Å². The number of thioether (sulfide) groups is 3. The molecule has 1 saturated heterocycles. The van der Waals surface area contributed by atoms with Crippen molar-refractivity contribution in [3.8, 4) is 0 Å². The molecule has 2 atom stereocenters. The molecule has 4 heteroatoms. The van der Waals surface area contributed by atoms with Gasteiger partial charge in [0, 0.05) is 21.7 Å². The maximum absolute atomic E-state index is 4.36. The standard InChI is InChI=1S/C11H14S4/c1-13-9-4-2-8(3-5-9)11-14-7-10(6-12)15-11/h2-5,10-12H,6-7H2,1H3. The molecule has 1 fully saturated rings. The summed E-state index contributed by atoms with van der Waals surface area (Å²) in [6.07, 6.45) is 2.12. The summed E-state index contributed by atoms with van der Waals surface area (Å²) in [5, 5.41) is 0.726. The van der Waals surface area contributed by atoms with Crippen LogP contribution < -0.4 is 0 Å². The van der Waals surface area contributed by atoms with Crippen LogP contribution in [0.4, 0.5) is 0 Å². The Morgan fingerprint density at radius 2 is 2.13 bits per heavy atom. The highest BCUT2D eigenvalue weighted by Crippen LogP contribution is 2.49. The third-order valence-corrected chi connectivity index (χ3v) is 7.13. The Kier molecular flexibility index (Phi) is 4.68. The molecule has 1 aromatic carbocycles. The Hall–Kier alpha value is 0.620. The molecule has 0 saturated carbocycles. The van der Waals surface area contributed by atoms with E-state index in [9.17, 15) is 0 Å². The normalized spacial score (nSPS) is 25.7. The molecule has 0 amide bonds. The monoisotopic (exact) mass is 274 g/mol. The maximum atomic E-state index is 4.36. The van der Waals surface area contributed by atoms with Crippen LogP contribution in [0, 0.1) is 0 Å². The fourth-order valence-electron chi connectivity index (χ4n) is 1.48. The second-order valence-electron chi connectivity index (χ2n) is 3.38. The van der Waals surface area contributed by atoms with Crippen molar-refractivity contribution >= 4 is 47.9 Å². The van der Waals surface area contributed by atoms with Gasteiger partial charge in [0.2, 0.25) is 0 Å². The van der Waals surface area contributed by atoms with E-state index in [1.54, 1.807) is 11.8 Å². The first kappa shape index (κ1) is 12.1. The minimum absolute atomic E-state index is 0.623. The molecule has 0 bridgehead atoms. The summed E-state index contributed by atoms with van der Waals surface area (Å²) in [7, 11) is 0. The maximum Gasteiger partial charge on any atom is 0.0755 e. The zero-order valence-corrected chi connectivity index (χ0v) is 11.9. The van der Waals surface area contributed by atoms with E-state index < -0.39 is 0 Å². The van der Waals surface area contributed by atoms with Gasteiger partial charge >= 0.3 is 0 Å². The van der Waals surface area contributed by atoms with E-state index in [1.807, 2.05) is 11.8 Å². The van der Waals surface area contributed by atoms with E-state index in [0.717, 1.165) is 11.0 Å². The molecular weight excluding hydrogens is 260 g/mol. The van der Waals surface area contributed by atoms with Gasteiger partial charge in [-0.15, -0.1) is 35.3 Å². The lowest BCUT2D eigenvalue weighted by atomic mass is 10.2. The highest BCUT2D eigenvalue weighted by atomic mass is 32.2. The van der Waals surface area contributed by atoms with Gasteiger partial charge in [-0.2, -0.15) is 12.6 Å². The van der Waals surface area contributed by atoms with Crippen LogP contribution in [0.15, 0.2) is 29.2 Å². The zero-order valence-electron chi connectivity index (χ0n) is 8.55. The van der Waals surface area contributed by atoms with E-state index in [-0.39, 0.29) is 0 Å². The van der Waals surface area contributed by atoms with Gasteiger partial charge in [-0.25, -0.2) is 0 Å². The molecule has 1 heterocycles. The van der Waals surface area contributed by atoms with Crippen LogP contribution in [-0.4, -0.2) is 23.0 Å². The SMILES string of the molecule is CSc1ccc(C2SCC(CS)S2)cc1. The number of hydrogen-bond acceptors (Lipinski definition) is 4. The zero-order chi connectivity index (χ0) is 10.7. The Balaban J connectivity index is 2.04. The van der Waals surface area contributed by atoms with Crippen LogP contribution in [0.1, 0.15) is 10.1 Å². The van der Waals surface area contributed by atoms with Gasteiger partial charge in [-0.05, 0) is 24.0 Å². The average Bonchev–Trinajstić information content (AvgIpc) is 2.78. The molecule has 0 radical (unpaired) electrons. The summed E-state index contributed by atoms with van der Waals surface area (Å²) < 4.78 is 0.623. The lowest BCUT2D eigenvalue weighted by Gasteiger charge is -2.09. The van der Waals surface area contributed by atoms with Gasteiger partial charge in [-0.3, -0.25) is 0 Å². The van der Waals surface area contributed by atoms with E-state index in [4.69, 9.17) is 0 Å². The quantitative estimate of drug-likeness (QED) is 0.649. The van der Waals surface area contributed by atoms with Crippen LogP contribution in [-0.2, 0) is 0 Å². The Morgan fingerprint density at radius 1 is 1.40 bits per heavy atom. The van der Waals surface area contributed by atoms with E-state index >= 15 is 0 Å². The van der Waals surface area contributed by atoms with Crippen molar-refractivity contribution < 1.29 is 0 Å². The number of thiol groups is 1. The van der Waals surface area contributed by atoms with Crippen molar-refractivity contribution in [3.63, 3.8) is 0 Å². The fourth-order valence-corrected chi connectivity index (χ4v) is 5.63. The van der Waals surface area contributed by atoms with Gasteiger partial charge in [0.25, 0.3) is 0 Å². The molecule has 2 unspecified atom stereocenters. The number of hydrogen-bond donors (Lipinski definition) is 1. The molecule has 15 heavy (non-hydrogen) atoms. The van der Waals surface area contributed by atoms with Crippen LogP contribution in [0.5, 0.6) is 0 Å². The molecule has 2 rings (SSSR count). The summed E-state index contributed by atoms with van der Waals surface area (Å²) in [6.45, 7) is 0. The van der Waals surface area contributed by atoms with Crippen LogP contribution >= 0.6 is 47.9 Å². The van der Waals surface area contributed by atoms with Crippen LogP contribution in [0.25, 0.3) is 0 Å². The molecule has 1 aliphatic rings. The Morgan fingerprint density at radius 3 is 2.67 bits per heavy atom. The lowest BCUT2D eigenvalue weighted by Crippen LogP contribution is -2.01. The summed E-state index contributed by atoms with van der Waals surface area (Å²) >= 11 is 10.3. The van der Waals surface area contributed by atoms with Gasteiger partial charge in [-0.1, -0.05) is 12.1 Å². The molecular formula is C11H14S4. The van der Waals surface area contributed by atoms with Crippen LogP contribution in [0.3, 0.4) is 0 Å². The summed E-state index contributed by atoms with van der Waals surface area (Å²) in [5.74, 6) is 2.24. The molecule has 1 aliphatic heterocycles. The molecule has 0 aromatic heterocycles. The molecule has 1 aromatic rings. The summed E-state index contributed by atoms with van der Waals surface area (Å²) in [6, 6.07) is 8.96. The van der Waals surface area contributed by atoms with Gasteiger partial charge in [0.05, 0.1) is 4.58 Å². The van der Waals surface area contributed by atoms with E-state index in [1.165, 1.54) is 16.2 Å². The minimum Gasteiger partial charge on any atom is -0.178 e. The predicted molar refractivity (Wildman–Crippen MR) is 78.7 cm³/mol. The lowest BCUT2D eigenvalue weighted by molar-refractivity contribution is 1.17. The third kappa shape index (κ3) is 3.05. The van der Waals surface area contributed by atoms with E-state index in [2.05, 4.69) is 54.9 Å². The number of rotatable bonds is 3. The molecule has 0 N–H and O–H groups in total. The highest BCUT2D eigenvalue weighted by Gasteiger charge is 2.25. The van der Waals surface area contributed by atoms with Crippen molar-refractivity contribution in [1.29, 1.82) is 0 Å². The molecule has 82 valence electrons.